The summed E-state index contributed by atoms with van der Waals surface area (Å²) in [6.07, 6.45) is -9.32. The van der Waals surface area contributed by atoms with E-state index in [0.29, 0.717) is 21.4 Å². The van der Waals surface area contributed by atoms with Crippen LogP contribution in [0.5, 0.6) is 0 Å². The fraction of sp³-hybridized carbons (Fsp3) is 0.250. The zero-order valence-electron chi connectivity index (χ0n) is 18.3. The Morgan fingerprint density at radius 2 is 1.66 bits per heavy atom. The molecule has 11 heteroatoms. The Kier molecular flexibility index (Phi) is 5.49. The lowest BCUT2D eigenvalue weighted by molar-refractivity contribution is -0.295. The summed E-state index contributed by atoms with van der Waals surface area (Å²) in [5.41, 5.74) is -4.60. The number of hydrogen-bond acceptors (Lipinski definition) is 3. The molecular weight excluding hydrogens is 478 g/mol. The van der Waals surface area contributed by atoms with Gasteiger partial charge in [-0.15, -0.1) is 0 Å². The minimum Gasteiger partial charge on any atom is -0.545 e. The van der Waals surface area contributed by atoms with Gasteiger partial charge in [0.15, 0.2) is 0 Å². The minimum atomic E-state index is -5.13. The molecule has 1 aromatic heterocycles. The lowest BCUT2D eigenvalue weighted by Crippen LogP contribution is -2.38. The van der Waals surface area contributed by atoms with Crippen molar-refractivity contribution in [3.8, 4) is 0 Å². The van der Waals surface area contributed by atoms with Crippen molar-refractivity contribution in [2.24, 2.45) is 0 Å². The number of hydrogen-bond donors (Lipinski definition) is 1. The number of carbonyl (C=O) groups excluding carboxylic acids is 2. The molecule has 5 nitrogen and oxygen atoms in total. The van der Waals surface area contributed by atoms with Crippen molar-refractivity contribution in [1.29, 1.82) is 0 Å². The fourth-order valence-electron chi connectivity index (χ4n) is 4.40. The van der Waals surface area contributed by atoms with Gasteiger partial charge in [-0.05, 0) is 29.8 Å². The van der Waals surface area contributed by atoms with Crippen molar-refractivity contribution in [2.45, 2.75) is 31.6 Å². The Labute approximate surface area is 194 Å². The molecule has 35 heavy (non-hydrogen) atoms. The van der Waals surface area contributed by atoms with Crippen LogP contribution < -0.4 is 5.11 Å². The number of amides is 1. The van der Waals surface area contributed by atoms with E-state index in [4.69, 9.17) is 0 Å². The van der Waals surface area contributed by atoms with Gasteiger partial charge in [-0.25, -0.2) is 0 Å². The van der Waals surface area contributed by atoms with Crippen molar-refractivity contribution in [2.75, 3.05) is 6.54 Å². The number of benzene rings is 2. The van der Waals surface area contributed by atoms with Crippen LogP contribution in [0.4, 0.5) is 26.3 Å². The van der Waals surface area contributed by atoms with Crippen molar-refractivity contribution < 1.29 is 41.0 Å². The third-order valence-electron chi connectivity index (χ3n) is 5.87. The van der Waals surface area contributed by atoms with Crippen molar-refractivity contribution in [1.82, 2.24) is 9.88 Å². The number of H-pyrrole nitrogens is 1. The van der Waals surface area contributed by atoms with Gasteiger partial charge < -0.3 is 19.8 Å². The van der Waals surface area contributed by atoms with Crippen LogP contribution in [0.1, 0.15) is 46.6 Å². The van der Waals surface area contributed by atoms with Crippen LogP contribution >= 0.6 is 0 Å². The SMILES string of the molecule is CC1(C)CN(C(=O)c2cc(C(F)(F)F)ccc2C(F)(F)F)C=C(C(=O)[O-])c2[nH]c3ccccc3c21. The van der Waals surface area contributed by atoms with E-state index in [1.807, 2.05) is 0 Å². The molecule has 0 fully saturated rings. The van der Waals surface area contributed by atoms with Crippen molar-refractivity contribution in [3.05, 3.63) is 76.6 Å². The van der Waals surface area contributed by atoms with Crippen LogP contribution in [0.15, 0.2) is 48.7 Å². The maximum Gasteiger partial charge on any atom is 0.417 e. The molecule has 184 valence electrons. The lowest BCUT2D eigenvalue weighted by atomic mass is 9.81. The molecular formula is C24H17F6N2O3-. The quantitative estimate of drug-likeness (QED) is 0.523. The molecule has 0 unspecified atom stereocenters. The first-order chi connectivity index (χ1) is 16.1. The molecule has 1 amide bonds. The number of halogens is 6. The van der Waals surface area contributed by atoms with Gasteiger partial charge in [-0.3, -0.25) is 4.79 Å². The first kappa shape index (κ1) is 24.4. The molecule has 2 aromatic carbocycles. The predicted octanol–water partition coefficient (Wildman–Crippen LogP) is 4.73. The normalized spacial score (nSPS) is 16.0. The summed E-state index contributed by atoms with van der Waals surface area (Å²) in [4.78, 5) is 28.9. The number of carbonyl (C=O) groups is 2. The number of alkyl halides is 6. The number of aliphatic carboxylic acids is 1. The smallest absolute Gasteiger partial charge is 0.417 e. The second-order valence-electron chi connectivity index (χ2n) is 8.82. The average molecular weight is 495 g/mol. The van der Waals surface area contributed by atoms with Gasteiger partial charge in [0.2, 0.25) is 0 Å². The van der Waals surface area contributed by atoms with Crippen LogP contribution in [0.25, 0.3) is 16.5 Å². The summed E-state index contributed by atoms with van der Waals surface area (Å²) in [7, 11) is 0. The largest absolute Gasteiger partial charge is 0.545 e. The van der Waals surface area contributed by atoms with Gasteiger partial charge in [0.1, 0.15) is 0 Å². The highest BCUT2D eigenvalue weighted by atomic mass is 19.4. The number of nitrogens with one attached hydrogen (secondary N) is 1. The Bertz CT molecular complexity index is 1380. The Morgan fingerprint density at radius 3 is 2.26 bits per heavy atom. The molecule has 4 rings (SSSR count). The number of nitrogens with zero attached hydrogens (tertiary/aromatic N) is 1. The summed E-state index contributed by atoms with van der Waals surface area (Å²) in [6, 6.07) is 7.41. The van der Waals surface area contributed by atoms with Gasteiger partial charge in [0, 0.05) is 34.6 Å². The predicted molar refractivity (Wildman–Crippen MR) is 112 cm³/mol. The summed E-state index contributed by atoms with van der Waals surface area (Å²) in [5, 5.41) is 12.6. The van der Waals surface area contributed by atoms with E-state index in [-0.39, 0.29) is 30.4 Å². The molecule has 3 aromatic rings. The zero-order valence-corrected chi connectivity index (χ0v) is 18.3. The van der Waals surface area contributed by atoms with E-state index in [0.717, 1.165) is 6.20 Å². The Morgan fingerprint density at radius 1 is 1.00 bits per heavy atom. The number of carboxylic acid groups (broad SMARTS) is 1. The molecule has 0 saturated heterocycles. The van der Waals surface area contributed by atoms with Crippen LogP contribution in [-0.4, -0.2) is 28.3 Å². The van der Waals surface area contributed by atoms with Crippen molar-refractivity contribution >= 4 is 28.4 Å². The first-order valence-corrected chi connectivity index (χ1v) is 10.3. The maximum absolute atomic E-state index is 13.6. The summed E-state index contributed by atoms with van der Waals surface area (Å²) < 4.78 is 80.5. The molecule has 2 heterocycles. The minimum absolute atomic E-state index is 0.103. The maximum atomic E-state index is 13.6. The zero-order chi connectivity index (χ0) is 25.9. The van der Waals surface area contributed by atoms with Crippen LogP contribution in [0.2, 0.25) is 0 Å². The molecule has 0 saturated carbocycles. The molecule has 0 bridgehead atoms. The van der Waals surface area contributed by atoms with Crippen molar-refractivity contribution in [3.63, 3.8) is 0 Å². The molecule has 1 N–H and O–H groups in total. The molecule has 0 aliphatic carbocycles. The average Bonchev–Trinajstić information content (AvgIpc) is 3.09. The van der Waals surface area contributed by atoms with Gasteiger partial charge in [0.05, 0.1) is 28.4 Å². The second kappa shape index (κ2) is 7.89. The van der Waals surface area contributed by atoms with Crippen LogP contribution in [0, 0.1) is 0 Å². The number of para-hydroxylation sites is 1. The Hall–Kier alpha value is -3.76. The lowest BCUT2D eigenvalue weighted by Gasteiger charge is -2.30. The van der Waals surface area contributed by atoms with E-state index >= 15 is 0 Å². The number of aromatic nitrogens is 1. The number of carboxylic acids is 1. The summed E-state index contributed by atoms with van der Waals surface area (Å²) in [6.45, 7) is 2.98. The van der Waals surface area contributed by atoms with Gasteiger partial charge in [0.25, 0.3) is 5.91 Å². The fourth-order valence-corrected chi connectivity index (χ4v) is 4.40. The van der Waals surface area contributed by atoms with Gasteiger partial charge >= 0.3 is 12.4 Å². The summed E-state index contributed by atoms with van der Waals surface area (Å²) >= 11 is 0. The molecule has 0 radical (unpaired) electrons. The van der Waals surface area contributed by atoms with E-state index < -0.39 is 51.9 Å². The topological polar surface area (TPSA) is 76.2 Å². The standard InChI is InChI=1S/C24H18F6N2O3/c1-22(2)11-32(10-15(21(34)35)19-18(22)13-5-3-4-6-17(13)31-19)20(33)14-9-12(23(25,26)27)7-8-16(14)24(28,29)30/h3-10,31H,11H2,1-2H3,(H,34,35)/p-1. The number of aromatic amines is 1. The highest BCUT2D eigenvalue weighted by Crippen LogP contribution is 2.41. The third kappa shape index (κ3) is 4.26. The highest BCUT2D eigenvalue weighted by molar-refractivity contribution is 6.16. The highest BCUT2D eigenvalue weighted by Gasteiger charge is 2.41. The number of fused-ring (bicyclic) bond motifs is 3. The van der Waals surface area contributed by atoms with Gasteiger partial charge in [-0.2, -0.15) is 26.3 Å². The third-order valence-corrected chi connectivity index (χ3v) is 5.87. The molecule has 1 aliphatic rings. The van der Waals surface area contributed by atoms with E-state index in [2.05, 4.69) is 4.98 Å². The molecule has 0 spiro atoms. The monoisotopic (exact) mass is 495 g/mol. The molecule has 1 aliphatic heterocycles. The van der Waals surface area contributed by atoms with Crippen LogP contribution in [0.3, 0.4) is 0 Å². The molecule has 0 atom stereocenters. The van der Waals surface area contributed by atoms with E-state index in [1.165, 1.54) is 0 Å². The van der Waals surface area contributed by atoms with Gasteiger partial charge in [-0.1, -0.05) is 32.0 Å². The van der Waals surface area contributed by atoms with Crippen LogP contribution in [-0.2, 0) is 22.6 Å². The second-order valence-corrected chi connectivity index (χ2v) is 8.82. The number of rotatable bonds is 2. The first-order valence-electron chi connectivity index (χ1n) is 10.3. The summed E-state index contributed by atoms with van der Waals surface area (Å²) in [5.74, 6) is -3.14. The Balaban J connectivity index is 1.92. The van der Waals surface area contributed by atoms with E-state index in [1.54, 1.807) is 38.1 Å². The van der Waals surface area contributed by atoms with E-state index in [9.17, 15) is 41.0 Å².